The molecule has 1 atom stereocenters. The Morgan fingerprint density at radius 3 is 2.61 bits per heavy atom. The summed E-state index contributed by atoms with van der Waals surface area (Å²) in [5.41, 5.74) is 1.02. The number of carbonyl (C=O) groups excluding carboxylic acids is 2. The summed E-state index contributed by atoms with van der Waals surface area (Å²) in [5, 5.41) is -0.512. The highest BCUT2D eigenvalue weighted by atomic mass is 35.5. The largest absolute Gasteiger partial charge is 0.459 e. The number of piperidine rings is 1. The Morgan fingerprint density at radius 2 is 1.93 bits per heavy atom. The van der Waals surface area contributed by atoms with Gasteiger partial charge in [0, 0.05) is 18.7 Å². The van der Waals surface area contributed by atoms with E-state index in [-0.39, 0.29) is 16.7 Å². The molecule has 0 saturated carbocycles. The number of likely N-dealkylation sites (tertiary alicyclic amines) is 1. The molecule has 0 aliphatic carbocycles. The van der Waals surface area contributed by atoms with Crippen molar-refractivity contribution in [3.05, 3.63) is 48.2 Å². The zero-order chi connectivity index (χ0) is 19.7. The summed E-state index contributed by atoms with van der Waals surface area (Å²) in [4.78, 5) is 28.3. The number of halogens is 1. The average molecular weight is 419 g/mol. The van der Waals surface area contributed by atoms with Crippen LogP contribution in [0.15, 0.2) is 46.9 Å². The summed E-state index contributed by atoms with van der Waals surface area (Å²) in [6, 6.07) is 13.8. The van der Waals surface area contributed by atoms with Crippen LogP contribution >= 0.6 is 23.4 Å². The highest BCUT2D eigenvalue weighted by Crippen LogP contribution is 2.45. The molecule has 3 heterocycles. The molecule has 0 radical (unpaired) electrons. The van der Waals surface area contributed by atoms with Crippen LogP contribution in [-0.4, -0.2) is 50.7 Å². The molecule has 2 aliphatic heterocycles. The Labute approximate surface area is 174 Å². The van der Waals surface area contributed by atoms with Crippen LogP contribution < -0.4 is 0 Å². The maximum atomic E-state index is 12.6. The van der Waals surface area contributed by atoms with Gasteiger partial charge in [0.1, 0.15) is 16.9 Å². The number of benzene rings is 1. The maximum absolute atomic E-state index is 12.6. The number of hydrogen-bond acceptors (Lipinski definition) is 4. The van der Waals surface area contributed by atoms with Crippen molar-refractivity contribution in [2.24, 2.45) is 0 Å². The summed E-state index contributed by atoms with van der Waals surface area (Å²) in [7, 11) is 0. The van der Waals surface area contributed by atoms with Crippen LogP contribution in [0.3, 0.4) is 0 Å². The Bertz CT molecular complexity index is 860. The molecule has 7 heteroatoms. The van der Waals surface area contributed by atoms with Crippen LogP contribution in [0.4, 0.5) is 0 Å². The number of rotatable bonds is 4. The van der Waals surface area contributed by atoms with E-state index in [0.717, 1.165) is 29.9 Å². The first kappa shape index (κ1) is 19.4. The molecular weight excluding hydrogens is 396 g/mol. The van der Waals surface area contributed by atoms with Gasteiger partial charge in [0.05, 0.1) is 17.2 Å². The lowest BCUT2D eigenvalue weighted by molar-refractivity contribution is -0.135. The minimum absolute atomic E-state index is 0.0315. The topological polar surface area (TPSA) is 53.8 Å². The molecule has 2 saturated heterocycles. The number of nitrogens with zero attached hydrogens (tertiary/aromatic N) is 2. The van der Waals surface area contributed by atoms with Gasteiger partial charge >= 0.3 is 0 Å². The van der Waals surface area contributed by atoms with Gasteiger partial charge in [-0.25, -0.2) is 0 Å². The molecular formula is C21H23ClN2O3S. The first-order chi connectivity index (χ1) is 13.5. The first-order valence-electron chi connectivity index (χ1n) is 9.50. The SMILES string of the molecule is CC(Cl)C(=O)N1CCC2(CC1)SCC(=O)N2Cc1ccc(-c2ccccc2)o1. The second-order valence-corrected chi connectivity index (χ2v) is 9.28. The van der Waals surface area contributed by atoms with Crippen molar-refractivity contribution in [3.8, 4) is 11.3 Å². The minimum Gasteiger partial charge on any atom is -0.459 e. The number of amides is 2. The maximum Gasteiger partial charge on any atom is 0.240 e. The fourth-order valence-corrected chi connectivity index (χ4v) is 5.41. The van der Waals surface area contributed by atoms with Crippen LogP contribution in [-0.2, 0) is 16.1 Å². The molecule has 2 fully saturated rings. The summed E-state index contributed by atoms with van der Waals surface area (Å²) in [6.07, 6.45) is 1.51. The number of carbonyl (C=O) groups is 2. The third-order valence-corrected chi connectivity index (χ3v) is 7.23. The highest BCUT2D eigenvalue weighted by Gasteiger charge is 2.48. The quantitative estimate of drug-likeness (QED) is 0.705. The Kier molecular flexibility index (Phi) is 5.43. The third kappa shape index (κ3) is 3.67. The highest BCUT2D eigenvalue weighted by molar-refractivity contribution is 8.01. The van der Waals surface area contributed by atoms with Crippen LogP contribution in [0, 0.1) is 0 Å². The minimum atomic E-state index is -0.512. The lowest BCUT2D eigenvalue weighted by atomic mass is 10.0. The van der Waals surface area contributed by atoms with Crippen molar-refractivity contribution in [3.63, 3.8) is 0 Å². The molecule has 1 spiro atoms. The van der Waals surface area contributed by atoms with Gasteiger partial charge in [0.25, 0.3) is 0 Å². The van der Waals surface area contributed by atoms with E-state index >= 15 is 0 Å². The van der Waals surface area contributed by atoms with E-state index < -0.39 is 5.38 Å². The van der Waals surface area contributed by atoms with Gasteiger partial charge in [-0.3, -0.25) is 9.59 Å². The van der Waals surface area contributed by atoms with E-state index in [1.54, 1.807) is 18.7 Å². The van der Waals surface area contributed by atoms with E-state index in [0.29, 0.717) is 25.4 Å². The zero-order valence-corrected chi connectivity index (χ0v) is 17.3. The normalized spacial score (nSPS) is 20.0. The predicted octanol–water partition coefficient (Wildman–Crippen LogP) is 3.97. The fourth-order valence-electron chi connectivity index (χ4n) is 3.93. The molecule has 4 rings (SSSR count). The van der Waals surface area contributed by atoms with Crippen molar-refractivity contribution in [1.82, 2.24) is 9.80 Å². The van der Waals surface area contributed by atoms with Crippen molar-refractivity contribution < 1.29 is 14.0 Å². The number of alkyl halides is 1. The summed E-state index contributed by atoms with van der Waals surface area (Å²) in [6.45, 7) is 3.41. The molecule has 1 aromatic carbocycles. The molecule has 0 bridgehead atoms. The van der Waals surface area contributed by atoms with Crippen LogP contribution in [0.1, 0.15) is 25.5 Å². The average Bonchev–Trinajstić information content (AvgIpc) is 3.30. The van der Waals surface area contributed by atoms with Gasteiger partial charge in [-0.2, -0.15) is 0 Å². The molecule has 2 amide bonds. The van der Waals surface area contributed by atoms with E-state index in [2.05, 4.69) is 0 Å². The standard InChI is InChI=1S/C21H23ClN2O3S/c1-15(22)20(26)23-11-9-21(10-12-23)24(19(25)14-28-21)13-17-7-8-18(27-17)16-5-3-2-4-6-16/h2-8,15H,9-14H2,1H3. The van der Waals surface area contributed by atoms with E-state index in [1.165, 1.54) is 0 Å². The molecule has 28 heavy (non-hydrogen) atoms. The number of hydrogen-bond donors (Lipinski definition) is 0. The van der Waals surface area contributed by atoms with Crippen molar-refractivity contribution in [2.75, 3.05) is 18.8 Å². The summed E-state index contributed by atoms with van der Waals surface area (Å²) in [5.74, 6) is 2.16. The number of furan rings is 1. The summed E-state index contributed by atoms with van der Waals surface area (Å²) >= 11 is 7.64. The fraction of sp³-hybridized carbons (Fsp3) is 0.429. The van der Waals surface area contributed by atoms with Gasteiger partial charge in [0.2, 0.25) is 11.8 Å². The number of thioether (sulfide) groups is 1. The Hall–Kier alpha value is -1.92. The van der Waals surface area contributed by atoms with Crippen molar-refractivity contribution in [2.45, 2.75) is 36.6 Å². The van der Waals surface area contributed by atoms with Crippen molar-refractivity contribution >= 4 is 35.2 Å². The van der Waals surface area contributed by atoms with E-state index in [1.807, 2.05) is 52.3 Å². The predicted molar refractivity (Wildman–Crippen MR) is 111 cm³/mol. The molecule has 5 nitrogen and oxygen atoms in total. The van der Waals surface area contributed by atoms with E-state index in [9.17, 15) is 9.59 Å². The monoisotopic (exact) mass is 418 g/mol. The Balaban J connectivity index is 1.47. The molecule has 2 aliphatic rings. The van der Waals surface area contributed by atoms with Gasteiger partial charge in [-0.15, -0.1) is 23.4 Å². The zero-order valence-electron chi connectivity index (χ0n) is 15.8. The third-order valence-electron chi connectivity index (χ3n) is 5.49. The molecule has 148 valence electrons. The lowest BCUT2D eigenvalue weighted by Crippen LogP contribution is -2.53. The van der Waals surface area contributed by atoms with Crippen molar-refractivity contribution in [1.29, 1.82) is 0 Å². The molecule has 1 aromatic heterocycles. The van der Waals surface area contributed by atoms with Crippen LogP contribution in [0.5, 0.6) is 0 Å². The Morgan fingerprint density at radius 1 is 1.21 bits per heavy atom. The lowest BCUT2D eigenvalue weighted by Gasteiger charge is -2.44. The summed E-state index contributed by atoms with van der Waals surface area (Å²) < 4.78 is 6.02. The van der Waals surface area contributed by atoms with Gasteiger partial charge in [-0.05, 0) is 31.9 Å². The molecule has 1 unspecified atom stereocenters. The first-order valence-corrected chi connectivity index (χ1v) is 10.9. The smallest absolute Gasteiger partial charge is 0.240 e. The van der Waals surface area contributed by atoms with Gasteiger partial charge in [-0.1, -0.05) is 30.3 Å². The molecule has 0 N–H and O–H groups in total. The van der Waals surface area contributed by atoms with E-state index in [4.69, 9.17) is 16.0 Å². The molecule has 2 aromatic rings. The second kappa shape index (κ2) is 7.84. The van der Waals surface area contributed by atoms with Crippen LogP contribution in [0.25, 0.3) is 11.3 Å². The van der Waals surface area contributed by atoms with Crippen LogP contribution in [0.2, 0.25) is 0 Å². The van der Waals surface area contributed by atoms with Gasteiger partial charge in [0.15, 0.2) is 0 Å². The second-order valence-electron chi connectivity index (χ2n) is 7.29. The van der Waals surface area contributed by atoms with Gasteiger partial charge < -0.3 is 14.2 Å².